The van der Waals surface area contributed by atoms with Crippen molar-refractivity contribution in [2.24, 2.45) is 0 Å². The number of rotatable bonds is 7. The van der Waals surface area contributed by atoms with Gasteiger partial charge in [-0.3, -0.25) is 20.2 Å². The minimum atomic E-state index is -1.70. The Balaban J connectivity index is 2.18. The summed E-state index contributed by atoms with van der Waals surface area (Å²) in [6.07, 6.45) is -0.200. The molecule has 9 nitrogen and oxygen atoms in total. The maximum Gasteiger partial charge on any atom is 0.338 e. The average Bonchev–Trinajstić information content (AvgIpc) is 3.27. The monoisotopic (exact) mass is 412 g/mol. The molecule has 1 aromatic rings. The van der Waals surface area contributed by atoms with Crippen LogP contribution in [0.4, 0.5) is 11.4 Å². The molecule has 1 heterocycles. The van der Waals surface area contributed by atoms with Gasteiger partial charge in [0.15, 0.2) is 0 Å². The number of carbonyl (C=O) groups excluding carboxylic acids is 1. The molecule has 0 amide bonds. The molecule has 0 saturated carbocycles. The lowest BCUT2D eigenvalue weighted by atomic mass is 10.2. The standard InChI is InChI=1S/C16H24N2O7Si2/c1-26(2,3)16(27(4,5)6)14(25-16)10-24-15(19)11-7-12(17(20)21)9-13(8-11)18(22)23/h7-9,14H,10H2,1-6H3. The fraction of sp³-hybridized carbons (Fsp3) is 0.562. The van der Waals surface area contributed by atoms with Crippen molar-refractivity contribution in [3.63, 3.8) is 0 Å². The summed E-state index contributed by atoms with van der Waals surface area (Å²) in [6.45, 7) is 13.3. The minimum Gasteiger partial charge on any atom is -0.459 e. The molecule has 1 saturated heterocycles. The number of benzene rings is 1. The third-order valence-electron chi connectivity index (χ3n) is 4.88. The second kappa shape index (κ2) is 6.80. The van der Waals surface area contributed by atoms with Crippen LogP contribution in [0.25, 0.3) is 0 Å². The highest BCUT2D eigenvalue weighted by Crippen LogP contribution is 2.51. The molecular formula is C16H24N2O7Si2. The van der Waals surface area contributed by atoms with Crippen molar-refractivity contribution in [3.05, 3.63) is 44.0 Å². The highest BCUT2D eigenvalue weighted by molar-refractivity contribution is 6.99. The number of esters is 1. The smallest absolute Gasteiger partial charge is 0.338 e. The van der Waals surface area contributed by atoms with E-state index in [9.17, 15) is 25.0 Å². The van der Waals surface area contributed by atoms with E-state index in [1.165, 1.54) is 0 Å². The van der Waals surface area contributed by atoms with E-state index in [0.29, 0.717) is 0 Å². The third kappa shape index (κ3) is 3.94. The molecule has 148 valence electrons. The Morgan fingerprint density at radius 1 is 1.04 bits per heavy atom. The Morgan fingerprint density at radius 3 is 1.81 bits per heavy atom. The van der Waals surface area contributed by atoms with E-state index in [-0.39, 0.29) is 23.1 Å². The predicted molar refractivity (Wildman–Crippen MR) is 104 cm³/mol. The molecule has 1 fully saturated rings. The topological polar surface area (TPSA) is 125 Å². The van der Waals surface area contributed by atoms with Gasteiger partial charge >= 0.3 is 5.97 Å². The molecule has 0 aliphatic carbocycles. The lowest BCUT2D eigenvalue weighted by Gasteiger charge is -2.36. The molecule has 0 spiro atoms. The number of hydrogen-bond acceptors (Lipinski definition) is 7. The van der Waals surface area contributed by atoms with Gasteiger partial charge in [0.2, 0.25) is 0 Å². The molecule has 1 aromatic carbocycles. The molecule has 1 atom stereocenters. The zero-order valence-electron chi connectivity index (χ0n) is 16.3. The summed E-state index contributed by atoms with van der Waals surface area (Å²) >= 11 is 0. The number of nitrogens with zero attached hydrogens (tertiary/aromatic N) is 2. The van der Waals surface area contributed by atoms with Crippen LogP contribution in [0.15, 0.2) is 18.2 Å². The van der Waals surface area contributed by atoms with E-state index in [0.717, 1.165) is 18.2 Å². The fourth-order valence-electron chi connectivity index (χ4n) is 3.94. The molecule has 2 rings (SSSR count). The number of nitro benzene ring substituents is 2. The Kier molecular flexibility index (Phi) is 5.34. The Hall–Kier alpha value is -2.12. The fourth-order valence-corrected chi connectivity index (χ4v) is 16.0. The van der Waals surface area contributed by atoms with Crippen molar-refractivity contribution >= 4 is 33.5 Å². The largest absolute Gasteiger partial charge is 0.459 e. The second-order valence-corrected chi connectivity index (χ2v) is 19.7. The number of epoxide rings is 1. The van der Waals surface area contributed by atoms with Crippen molar-refractivity contribution in [2.75, 3.05) is 6.61 Å². The van der Waals surface area contributed by atoms with Crippen molar-refractivity contribution in [1.82, 2.24) is 0 Å². The second-order valence-electron chi connectivity index (χ2n) is 8.69. The highest BCUT2D eigenvalue weighted by atomic mass is 28.4. The summed E-state index contributed by atoms with van der Waals surface area (Å²) < 4.78 is 11.4. The van der Waals surface area contributed by atoms with Gasteiger partial charge in [0.05, 0.1) is 42.5 Å². The third-order valence-corrected chi connectivity index (χ3v) is 14.7. The summed E-state index contributed by atoms with van der Waals surface area (Å²) in [5, 5.41) is 21.9. The van der Waals surface area contributed by atoms with Gasteiger partial charge in [0.1, 0.15) is 12.7 Å². The normalized spacial score (nSPS) is 18.7. The number of nitro groups is 2. The van der Waals surface area contributed by atoms with Gasteiger partial charge in [-0.05, 0) is 0 Å². The van der Waals surface area contributed by atoms with Gasteiger partial charge in [0, 0.05) is 12.1 Å². The first-order valence-electron chi connectivity index (χ1n) is 8.49. The summed E-state index contributed by atoms with van der Waals surface area (Å²) in [6, 6.07) is 2.77. The summed E-state index contributed by atoms with van der Waals surface area (Å²) in [4.78, 5) is 32.5. The van der Waals surface area contributed by atoms with Crippen LogP contribution < -0.4 is 0 Å². The number of hydrogen-bond donors (Lipinski definition) is 0. The van der Waals surface area contributed by atoms with Crippen molar-refractivity contribution in [1.29, 1.82) is 0 Å². The molecule has 1 aliphatic heterocycles. The van der Waals surface area contributed by atoms with Gasteiger partial charge in [-0.1, -0.05) is 39.3 Å². The van der Waals surface area contributed by atoms with Crippen molar-refractivity contribution in [2.45, 2.75) is 50.2 Å². The highest BCUT2D eigenvalue weighted by Gasteiger charge is 2.70. The Morgan fingerprint density at radius 2 is 1.48 bits per heavy atom. The van der Waals surface area contributed by atoms with Gasteiger partial charge in [-0.25, -0.2) is 4.79 Å². The molecular weight excluding hydrogens is 388 g/mol. The number of carbonyl (C=O) groups is 1. The first-order valence-corrected chi connectivity index (χ1v) is 15.5. The van der Waals surface area contributed by atoms with Gasteiger partial charge in [-0.15, -0.1) is 0 Å². The van der Waals surface area contributed by atoms with Gasteiger partial charge in [0.25, 0.3) is 11.4 Å². The van der Waals surface area contributed by atoms with Crippen LogP contribution in [-0.4, -0.2) is 49.5 Å². The Bertz CT molecular complexity index is 753. The van der Waals surface area contributed by atoms with Crippen molar-refractivity contribution < 1.29 is 24.1 Å². The van der Waals surface area contributed by atoms with Crippen LogP contribution in [-0.2, 0) is 9.47 Å². The van der Waals surface area contributed by atoms with Crippen LogP contribution in [0.1, 0.15) is 10.4 Å². The van der Waals surface area contributed by atoms with E-state index in [1.807, 2.05) is 0 Å². The quantitative estimate of drug-likeness (QED) is 0.220. The van der Waals surface area contributed by atoms with Crippen LogP contribution in [0, 0.1) is 20.2 Å². The van der Waals surface area contributed by atoms with Crippen LogP contribution in [0.2, 0.25) is 39.3 Å². The molecule has 0 bridgehead atoms. The van der Waals surface area contributed by atoms with E-state index < -0.39 is 43.3 Å². The molecule has 0 aromatic heterocycles. The molecule has 1 unspecified atom stereocenters. The van der Waals surface area contributed by atoms with E-state index >= 15 is 0 Å². The first kappa shape index (κ1) is 21.2. The molecule has 11 heteroatoms. The lowest BCUT2D eigenvalue weighted by molar-refractivity contribution is -0.394. The van der Waals surface area contributed by atoms with Crippen LogP contribution >= 0.6 is 0 Å². The van der Waals surface area contributed by atoms with Crippen LogP contribution in [0.5, 0.6) is 0 Å². The summed E-state index contributed by atoms with van der Waals surface area (Å²) in [5.41, 5.74) is -1.28. The minimum absolute atomic E-state index is 0.0316. The zero-order chi connectivity index (χ0) is 20.8. The van der Waals surface area contributed by atoms with Gasteiger partial charge < -0.3 is 9.47 Å². The Labute approximate surface area is 159 Å². The van der Waals surface area contributed by atoms with E-state index in [4.69, 9.17) is 9.47 Å². The summed E-state index contributed by atoms with van der Waals surface area (Å²) in [7, 11) is -3.40. The van der Waals surface area contributed by atoms with Gasteiger partial charge in [-0.2, -0.15) is 0 Å². The van der Waals surface area contributed by atoms with Crippen LogP contribution in [0.3, 0.4) is 0 Å². The predicted octanol–water partition coefficient (Wildman–Crippen LogP) is 3.55. The van der Waals surface area contributed by atoms with E-state index in [2.05, 4.69) is 39.3 Å². The SMILES string of the molecule is C[Si](C)(C)C1([Si](C)(C)C)OC1COC(=O)c1cc([N+](=O)[O-])cc([N+](=O)[O-])c1. The first-order chi connectivity index (χ1) is 12.2. The van der Waals surface area contributed by atoms with Crippen molar-refractivity contribution in [3.8, 4) is 0 Å². The molecule has 27 heavy (non-hydrogen) atoms. The lowest BCUT2D eigenvalue weighted by Crippen LogP contribution is -2.59. The number of ether oxygens (including phenoxy) is 2. The molecule has 1 aliphatic rings. The molecule has 0 N–H and O–H groups in total. The maximum atomic E-state index is 12.3. The maximum absolute atomic E-state index is 12.3. The molecule has 0 radical (unpaired) electrons. The average molecular weight is 413 g/mol. The number of non-ortho nitro benzene ring substituents is 2. The van der Waals surface area contributed by atoms with E-state index in [1.54, 1.807) is 0 Å². The zero-order valence-corrected chi connectivity index (χ0v) is 18.3. The summed E-state index contributed by atoms with van der Waals surface area (Å²) in [5.74, 6) is -0.836.